The highest BCUT2D eigenvalue weighted by Crippen LogP contribution is 2.20. The van der Waals surface area contributed by atoms with E-state index in [0.29, 0.717) is 16.7 Å². The number of hydrazone groups is 1. The van der Waals surface area contributed by atoms with E-state index in [1.54, 1.807) is 6.21 Å². The Hall–Kier alpha value is -2.11. The topological polar surface area (TPSA) is 45.7 Å². The zero-order chi connectivity index (χ0) is 16.5. The number of hydrogen-bond acceptors (Lipinski definition) is 3. The first-order valence-electron chi connectivity index (χ1n) is 7.23. The van der Waals surface area contributed by atoms with Gasteiger partial charge >= 0.3 is 0 Å². The molecule has 0 saturated heterocycles. The largest absolute Gasteiger partial charge is 0.488 e. The van der Waals surface area contributed by atoms with Gasteiger partial charge in [0.2, 0.25) is 0 Å². The number of para-hydroxylation sites is 1. The minimum Gasteiger partial charge on any atom is -0.488 e. The molecule has 23 heavy (non-hydrogen) atoms. The minimum absolute atomic E-state index is 0.397. The Morgan fingerprint density at radius 3 is 2.74 bits per heavy atom. The predicted octanol–water partition coefficient (Wildman–Crippen LogP) is 3.74. The van der Waals surface area contributed by atoms with E-state index in [9.17, 15) is 0 Å². The Balaban J connectivity index is 2.01. The molecule has 0 aliphatic carbocycles. The first kappa shape index (κ1) is 17.2. The van der Waals surface area contributed by atoms with Crippen LogP contribution >= 0.6 is 23.8 Å². The molecule has 0 amide bonds. The number of ether oxygens (including phenoxy) is 1. The number of hydrogen-bond donors (Lipinski definition) is 2. The molecule has 0 aromatic heterocycles. The third-order valence-electron chi connectivity index (χ3n) is 2.97. The highest BCUT2D eigenvalue weighted by molar-refractivity contribution is 7.80. The predicted molar refractivity (Wildman–Crippen MR) is 99.2 cm³/mol. The highest BCUT2D eigenvalue weighted by atomic mass is 35.5. The molecule has 0 atom stereocenters. The molecule has 0 unspecified atom stereocenters. The summed E-state index contributed by atoms with van der Waals surface area (Å²) in [4.78, 5) is 0. The Morgan fingerprint density at radius 1 is 1.22 bits per heavy atom. The molecule has 0 radical (unpaired) electrons. The fraction of sp³-hybridized carbons (Fsp3) is 0.176. The molecule has 2 rings (SSSR count). The molecule has 0 saturated carbocycles. The lowest BCUT2D eigenvalue weighted by atomic mass is 10.2. The molecule has 0 aliphatic rings. The van der Waals surface area contributed by atoms with Crippen LogP contribution in [0.1, 0.15) is 18.1 Å². The van der Waals surface area contributed by atoms with Crippen LogP contribution in [0.25, 0.3) is 0 Å². The molecule has 120 valence electrons. The standard InChI is InChI=1S/C17H18ClN3OS/c1-2-19-17(23)21-20-11-13-7-4-6-10-16(13)22-12-14-8-3-5-9-15(14)18/h3-11H,2,12H2,1H3,(H2,19,21,23)/b20-11-. The van der Waals surface area contributed by atoms with Crippen LogP contribution in [-0.2, 0) is 6.61 Å². The number of nitrogens with zero attached hydrogens (tertiary/aromatic N) is 1. The van der Waals surface area contributed by atoms with Gasteiger partial charge in [-0.15, -0.1) is 0 Å². The summed E-state index contributed by atoms with van der Waals surface area (Å²) in [6.45, 7) is 3.11. The van der Waals surface area contributed by atoms with Crippen molar-refractivity contribution in [1.82, 2.24) is 10.7 Å². The van der Waals surface area contributed by atoms with Crippen LogP contribution in [0.15, 0.2) is 53.6 Å². The van der Waals surface area contributed by atoms with Crippen molar-refractivity contribution >= 4 is 35.1 Å². The third kappa shape index (κ3) is 5.54. The zero-order valence-corrected chi connectivity index (χ0v) is 14.3. The van der Waals surface area contributed by atoms with Gasteiger partial charge in [0.15, 0.2) is 5.11 Å². The van der Waals surface area contributed by atoms with E-state index in [1.165, 1.54) is 0 Å². The first-order valence-corrected chi connectivity index (χ1v) is 8.01. The molecule has 0 fully saturated rings. The van der Waals surface area contributed by atoms with Crippen LogP contribution in [0.2, 0.25) is 5.02 Å². The maximum atomic E-state index is 6.14. The molecule has 4 nitrogen and oxygen atoms in total. The summed E-state index contributed by atoms with van der Waals surface area (Å²) < 4.78 is 5.86. The van der Waals surface area contributed by atoms with Crippen LogP contribution < -0.4 is 15.5 Å². The SMILES string of the molecule is CCNC(=S)N/N=C\c1ccccc1OCc1ccccc1Cl. The molecule has 0 bridgehead atoms. The summed E-state index contributed by atoms with van der Waals surface area (Å²) in [5.74, 6) is 0.729. The fourth-order valence-electron chi connectivity index (χ4n) is 1.85. The molecular formula is C17H18ClN3OS. The van der Waals surface area contributed by atoms with Crippen molar-refractivity contribution in [2.24, 2.45) is 5.10 Å². The van der Waals surface area contributed by atoms with Crippen molar-refractivity contribution in [3.05, 3.63) is 64.7 Å². The van der Waals surface area contributed by atoms with Crippen molar-refractivity contribution in [2.75, 3.05) is 6.54 Å². The van der Waals surface area contributed by atoms with E-state index >= 15 is 0 Å². The molecule has 0 heterocycles. The summed E-state index contributed by atoms with van der Waals surface area (Å²) in [6, 6.07) is 15.3. The van der Waals surface area contributed by atoms with Gasteiger partial charge in [-0.05, 0) is 37.3 Å². The quantitative estimate of drug-likeness (QED) is 0.475. The van der Waals surface area contributed by atoms with Gasteiger partial charge in [0.05, 0.1) is 6.21 Å². The second kappa shape index (κ2) is 9.12. The Morgan fingerprint density at radius 2 is 1.96 bits per heavy atom. The number of nitrogens with one attached hydrogen (secondary N) is 2. The van der Waals surface area contributed by atoms with Crippen LogP contribution in [0, 0.1) is 0 Å². The normalized spacial score (nSPS) is 10.5. The van der Waals surface area contributed by atoms with Crippen LogP contribution in [0.3, 0.4) is 0 Å². The molecule has 0 spiro atoms. The smallest absolute Gasteiger partial charge is 0.186 e. The monoisotopic (exact) mass is 347 g/mol. The van der Waals surface area contributed by atoms with Crippen LogP contribution in [0.5, 0.6) is 5.75 Å². The zero-order valence-electron chi connectivity index (χ0n) is 12.8. The number of thiocarbonyl (C=S) groups is 1. The van der Waals surface area contributed by atoms with Crippen LogP contribution in [-0.4, -0.2) is 17.9 Å². The maximum Gasteiger partial charge on any atom is 0.186 e. The van der Waals surface area contributed by atoms with Crippen molar-refractivity contribution in [1.29, 1.82) is 0 Å². The van der Waals surface area contributed by atoms with Crippen molar-refractivity contribution in [2.45, 2.75) is 13.5 Å². The Labute approximate surface area is 146 Å². The summed E-state index contributed by atoms with van der Waals surface area (Å²) in [5.41, 5.74) is 4.55. The summed E-state index contributed by atoms with van der Waals surface area (Å²) in [7, 11) is 0. The molecule has 2 aromatic carbocycles. The molecular weight excluding hydrogens is 330 g/mol. The van der Waals surface area contributed by atoms with E-state index in [0.717, 1.165) is 23.4 Å². The third-order valence-corrected chi connectivity index (χ3v) is 3.57. The van der Waals surface area contributed by atoms with Crippen molar-refractivity contribution in [3.8, 4) is 5.75 Å². The summed E-state index contributed by atoms with van der Waals surface area (Å²) >= 11 is 11.2. The number of rotatable bonds is 6. The van der Waals surface area contributed by atoms with E-state index in [1.807, 2.05) is 55.5 Å². The van der Waals surface area contributed by atoms with Gasteiger partial charge in [-0.1, -0.05) is 41.9 Å². The van der Waals surface area contributed by atoms with E-state index in [4.69, 9.17) is 28.6 Å². The van der Waals surface area contributed by atoms with Gasteiger partial charge in [-0.2, -0.15) is 5.10 Å². The van der Waals surface area contributed by atoms with E-state index in [2.05, 4.69) is 15.8 Å². The summed E-state index contributed by atoms with van der Waals surface area (Å²) in [6.07, 6.45) is 1.67. The number of halogens is 1. The second-order valence-corrected chi connectivity index (χ2v) is 5.46. The fourth-order valence-corrected chi connectivity index (χ4v) is 2.24. The summed E-state index contributed by atoms with van der Waals surface area (Å²) in [5, 5.41) is 8.24. The van der Waals surface area contributed by atoms with E-state index in [-0.39, 0.29) is 0 Å². The molecule has 2 aromatic rings. The van der Waals surface area contributed by atoms with Gasteiger partial charge in [-0.25, -0.2) is 0 Å². The molecule has 2 N–H and O–H groups in total. The van der Waals surface area contributed by atoms with Crippen molar-refractivity contribution in [3.63, 3.8) is 0 Å². The lowest BCUT2D eigenvalue weighted by molar-refractivity contribution is 0.306. The van der Waals surface area contributed by atoms with Gasteiger partial charge in [-0.3, -0.25) is 5.43 Å². The lowest BCUT2D eigenvalue weighted by Crippen LogP contribution is -2.31. The number of benzene rings is 2. The first-order chi connectivity index (χ1) is 11.2. The average Bonchev–Trinajstić information content (AvgIpc) is 2.55. The minimum atomic E-state index is 0.397. The molecule has 6 heteroatoms. The Kier molecular flexibility index (Phi) is 6.84. The van der Waals surface area contributed by atoms with Gasteiger partial charge in [0.25, 0.3) is 0 Å². The highest BCUT2D eigenvalue weighted by Gasteiger charge is 2.03. The van der Waals surface area contributed by atoms with Gasteiger partial charge in [0.1, 0.15) is 12.4 Å². The van der Waals surface area contributed by atoms with Gasteiger partial charge in [0, 0.05) is 22.7 Å². The van der Waals surface area contributed by atoms with Gasteiger partial charge < -0.3 is 10.1 Å². The Bertz CT molecular complexity index is 691. The van der Waals surface area contributed by atoms with Crippen molar-refractivity contribution < 1.29 is 4.74 Å². The second-order valence-electron chi connectivity index (χ2n) is 4.65. The maximum absolute atomic E-state index is 6.14. The van der Waals surface area contributed by atoms with E-state index < -0.39 is 0 Å². The average molecular weight is 348 g/mol. The van der Waals surface area contributed by atoms with Crippen LogP contribution in [0.4, 0.5) is 0 Å². The molecule has 0 aliphatic heterocycles. The lowest BCUT2D eigenvalue weighted by Gasteiger charge is -2.10.